The number of fused-ring (bicyclic) bond motifs is 2. The number of para-hydroxylation sites is 3. The van der Waals surface area contributed by atoms with Crippen molar-refractivity contribution in [3.8, 4) is 0 Å². The SMILES string of the molecule is Cn1/c(=N\NC(=O)Cn2c(=O)cnc3ccccc32)sc2ccccc21. The molecule has 0 saturated heterocycles. The van der Waals surface area contributed by atoms with Crippen LogP contribution < -0.4 is 15.8 Å². The van der Waals surface area contributed by atoms with Crippen LogP contribution in [0.5, 0.6) is 0 Å². The Balaban J connectivity index is 1.63. The third-order valence-corrected chi connectivity index (χ3v) is 5.16. The highest BCUT2D eigenvalue weighted by atomic mass is 32.1. The van der Waals surface area contributed by atoms with Gasteiger partial charge < -0.3 is 4.57 Å². The van der Waals surface area contributed by atoms with Crippen molar-refractivity contribution in [1.29, 1.82) is 0 Å². The molecule has 0 spiro atoms. The lowest BCUT2D eigenvalue weighted by molar-refractivity contribution is -0.121. The molecule has 7 nitrogen and oxygen atoms in total. The van der Waals surface area contributed by atoms with Crippen LogP contribution in [0.4, 0.5) is 0 Å². The molecule has 0 aliphatic rings. The molecule has 4 aromatic rings. The summed E-state index contributed by atoms with van der Waals surface area (Å²) in [5.41, 5.74) is 4.53. The zero-order chi connectivity index (χ0) is 18.1. The third kappa shape index (κ3) is 2.91. The fourth-order valence-corrected chi connectivity index (χ4v) is 3.73. The minimum absolute atomic E-state index is 0.125. The first-order valence-corrected chi connectivity index (χ1v) is 8.77. The zero-order valence-electron chi connectivity index (χ0n) is 13.9. The van der Waals surface area contributed by atoms with Crippen molar-refractivity contribution < 1.29 is 4.79 Å². The third-order valence-electron chi connectivity index (χ3n) is 4.05. The first-order chi connectivity index (χ1) is 12.6. The van der Waals surface area contributed by atoms with Gasteiger partial charge in [-0.05, 0) is 24.3 Å². The minimum Gasteiger partial charge on any atom is -0.318 e. The summed E-state index contributed by atoms with van der Waals surface area (Å²) in [5, 5.41) is 4.20. The molecule has 4 rings (SSSR count). The van der Waals surface area contributed by atoms with Gasteiger partial charge in [-0.2, -0.15) is 0 Å². The monoisotopic (exact) mass is 365 g/mol. The van der Waals surface area contributed by atoms with Crippen LogP contribution >= 0.6 is 11.3 Å². The molecule has 1 N–H and O–H groups in total. The van der Waals surface area contributed by atoms with Crippen LogP contribution in [0.2, 0.25) is 0 Å². The largest absolute Gasteiger partial charge is 0.318 e. The van der Waals surface area contributed by atoms with Crippen molar-refractivity contribution in [2.75, 3.05) is 0 Å². The van der Waals surface area contributed by atoms with E-state index in [1.807, 2.05) is 41.9 Å². The maximum absolute atomic E-state index is 12.3. The summed E-state index contributed by atoms with van der Waals surface area (Å²) < 4.78 is 4.38. The van der Waals surface area contributed by atoms with Gasteiger partial charge in [-0.15, -0.1) is 5.10 Å². The highest BCUT2D eigenvalue weighted by Gasteiger charge is 2.09. The molecular weight excluding hydrogens is 350 g/mol. The first kappa shape index (κ1) is 16.2. The van der Waals surface area contributed by atoms with Gasteiger partial charge >= 0.3 is 0 Å². The van der Waals surface area contributed by atoms with Crippen molar-refractivity contribution in [1.82, 2.24) is 19.5 Å². The van der Waals surface area contributed by atoms with Gasteiger partial charge in [-0.1, -0.05) is 35.6 Å². The van der Waals surface area contributed by atoms with E-state index in [1.165, 1.54) is 22.1 Å². The van der Waals surface area contributed by atoms with Gasteiger partial charge in [-0.25, -0.2) is 10.4 Å². The van der Waals surface area contributed by atoms with Crippen molar-refractivity contribution in [3.63, 3.8) is 0 Å². The molecular formula is C18H15N5O2S. The number of aromatic nitrogens is 3. The average molecular weight is 365 g/mol. The minimum atomic E-state index is -0.374. The van der Waals surface area contributed by atoms with E-state index in [-0.39, 0.29) is 18.0 Å². The van der Waals surface area contributed by atoms with Crippen LogP contribution in [0.25, 0.3) is 21.3 Å². The van der Waals surface area contributed by atoms with Gasteiger partial charge in [-0.3, -0.25) is 14.2 Å². The van der Waals surface area contributed by atoms with E-state index in [2.05, 4.69) is 15.5 Å². The number of rotatable bonds is 3. The van der Waals surface area contributed by atoms with Crippen molar-refractivity contribution >= 4 is 38.5 Å². The van der Waals surface area contributed by atoms with E-state index < -0.39 is 0 Å². The lowest BCUT2D eigenvalue weighted by atomic mass is 10.3. The maximum Gasteiger partial charge on any atom is 0.269 e. The molecule has 130 valence electrons. The molecule has 1 amide bonds. The van der Waals surface area contributed by atoms with E-state index in [9.17, 15) is 9.59 Å². The quantitative estimate of drug-likeness (QED) is 0.560. The number of hydrogen-bond donors (Lipinski definition) is 1. The highest BCUT2D eigenvalue weighted by Crippen LogP contribution is 2.14. The Bertz CT molecular complexity index is 1250. The van der Waals surface area contributed by atoms with E-state index in [0.29, 0.717) is 15.8 Å². The van der Waals surface area contributed by atoms with E-state index in [0.717, 1.165) is 10.2 Å². The lowest BCUT2D eigenvalue weighted by Crippen LogP contribution is -2.31. The molecule has 8 heteroatoms. The second-order valence-corrected chi connectivity index (χ2v) is 6.74. The highest BCUT2D eigenvalue weighted by molar-refractivity contribution is 7.16. The molecule has 0 aliphatic heterocycles. The Morgan fingerprint density at radius 1 is 1.15 bits per heavy atom. The number of thiazole rings is 1. The molecule has 0 bridgehead atoms. The molecule has 0 radical (unpaired) electrons. The topological polar surface area (TPSA) is 81.3 Å². The number of nitrogens with zero attached hydrogens (tertiary/aromatic N) is 4. The standard InChI is InChI=1S/C18H15N5O2S/c1-22-14-8-4-5-9-15(14)26-18(22)21-20-16(24)11-23-13-7-3-2-6-12(13)19-10-17(23)25/h2-10H,11H2,1H3,(H,20,24)/b21-18+. The smallest absolute Gasteiger partial charge is 0.269 e. The number of hydrogen-bond acceptors (Lipinski definition) is 5. The summed E-state index contributed by atoms with van der Waals surface area (Å²) in [5.74, 6) is -0.374. The van der Waals surface area contributed by atoms with E-state index in [4.69, 9.17) is 0 Å². The Hall–Kier alpha value is -3.26. The first-order valence-electron chi connectivity index (χ1n) is 7.95. The number of amides is 1. The van der Waals surface area contributed by atoms with Crippen LogP contribution in [0.15, 0.2) is 64.6 Å². The molecule has 26 heavy (non-hydrogen) atoms. The molecule has 0 atom stereocenters. The number of nitrogens with one attached hydrogen (secondary N) is 1. The molecule has 0 unspecified atom stereocenters. The van der Waals surface area contributed by atoms with Crippen LogP contribution in [-0.2, 0) is 18.4 Å². The zero-order valence-corrected chi connectivity index (χ0v) is 14.7. The molecule has 0 saturated carbocycles. The summed E-state index contributed by atoms with van der Waals surface area (Å²) in [7, 11) is 1.89. The predicted octanol–water partition coefficient (Wildman–Crippen LogP) is 1.58. The average Bonchev–Trinajstić information content (AvgIpc) is 2.99. The Morgan fingerprint density at radius 2 is 1.88 bits per heavy atom. The fourth-order valence-electron chi connectivity index (χ4n) is 2.76. The number of benzene rings is 2. The summed E-state index contributed by atoms with van der Waals surface area (Å²) in [6, 6.07) is 15.1. The molecule has 2 heterocycles. The van der Waals surface area contributed by atoms with Crippen LogP contribution in [0.3, 0.4) is 0 Å². The molecule has 0 fully saturated rings. The van der Waals surface area contributed by atoms with Crippen molar-refractivity contribution in [3.05, 3.63) is 69.9 Å². The van der Waals surface area contributed by atoms with E-state index in [1.54, 1.807) is 18.2 Å². The van der Waals surface area contributed by atoms with Gasteiger partial charge in [0.25, 0.3) is 11.5 Å². The Labute approximate surface area is 151 Å². The summed E-state index contributed by atoms with van der Waals surface area (Å²) in [6.45, 7) is -0.125. The molecule has 2 aromatic heterocycles. The Kier molecular flexibility index (Phi) is 4.10. The van der Waals surface area contributed by atoms with Crippen LogP contribution in [0.1, 0.15) is 0 Å². The molecule has 2 aromatic carbocycles. The van der Waals surface area contributed by atoms with E-state index >= 15 is 0 Å². The van der Waals surface area contributed by atoms with Crippen LogP contribution in [-0.4, -0.2) is 20.0 Å². The second kappa shape index (κ2) is 6.57. The predicted molar refractivity (Wildman–Crippen MR) is 101 cm³/mol. The Morgan fingerprint density at radius 3 is 2.69 bits per heavy atom. The number of aryl methyl sites for hydroxylation is 1. The fraction of sp³-hybridized carbons (Fsp3) is 0.111. The maximum atomic E-state index is 12.3. The van der Waals surface area contributed by atoms with Gasteiger partial charge in [0, 0.05) is 7.05 Å². The van der Waals surface area contributed by atoms with Crippen molar-refractivity contribution in [2.24, 2.45) is 12.1 Å². The summed E-state index contributed by atoms with van der Waals surface area (Å²) in [4.78, 5) is 29.2. The van der Waals surface area contributed by atoms with Gasteiger partial charge in [0.2, 0.25) is 4.80 Å². The summed E-state index contributed by atoms with van der Waals surface area (Å²) >= 11 is 1.48. The summed E-state index contributed by atoms with van der Waals surface area (Å²) in [6.07, 6.45) is 1.22. The van der Waals surface area contributed by atoms with Crippen LogP contribution in [0, 0.1) is 0 Å². The van der Waals surface area contributed by atoms with Gasteiger partial charge in [0.15, 0.2) is 0 Å². The van der Waals surface area contributed by atoms with Gasteiger partial charge in [0.1, 0.15) is 6.54 Å². The normalized spacial score (nSPS) is 12.0. The van der Waals surface area contributed by atoms with Crippen molar-refractivity contribution in [2.45, 2.75) is 6.54 Å². The molecule has 0 aliphatic carbocycles. The number of carbonyl (C=O) groups is 1. The second-order valence-electron chi connectivity index (χ2n) is 5.73. The lowest BCUT2D eigenvalue weighted by Gasteiger charge is -2.07. The number of carbonyl (C=O) groups excluding carboxylic acids is 1. The van der Waals surface area contributed by atoms with Gasteiger partial charge in [0.05, 0.1) is 27.4 Å².